The molecule has 6 heteroatoms. The molecule has 0 aromatic heterocycles. The molecule has 2 rings (SSSR count). The molecule has 1 unspecified atom stereocenters. The maximum absolute atomic E-state index is 12.1. The van der Waals surface area contributed by atoms with E-state index in [1.54, 1.807) is 19.1 Å². The molecule has 0 saturated heterocycles. The maximum Gasteiger partial charge on any atom is 0.269 e. The van der Waals surface area contributed by atoms with Crippen molar-refractivity contribution in [2.24, 2.45) is 5.73 Å². The average Bonchev–Trinajstić information content (AvgIpc) is 2.46. The highest BCUT2D eigenvalue weighted by molar-refractivity contribution is 7.90. The quantitative estimate of drug-likeness (QED) is 0.855. The lowest BCUT2D eigenvalue weighted by atomic mass is 10.2. The Labute approximate surface area is 100 Å². The van der Waals surface area contributed by atoms with Gasteiger partial charge in [-0.2, -0.15) is 0 Å². The molecule has 0 aliphatic carbocycles. The van der Waals surface area contributed by atoms with Gasteiger partial charge in [-0.15, -0.1) is 0 Å². The summed E-state index contributed by atoms with van der Waals surface area (Å²) >= 11 is 0. The molecule has 5 nitrogen and oxygen atoms in total. The van der Waals surface area contributed by atoms with Crippen molar-refractivity contribution in [3.63, 3.8) is 0 Å². The first-order valence-electron chi connectivity index (χ1n) is 5.36. The van der Waals surface area contributed by atoms with Crippen LogP contribution in [0.4, 0.5) is 0 Å². The number of nitrogens with zero attached hydrogens (tertiary/aromatic N) is 1. The van der Waals surface area contributed by atoms with E-state index in [9.17, 15) is 13.2 Å². The summed E-state index contributed by atoms with van der Waals surface area (Å²) in [5, 5.41) is 0. The van der Waals surface area contributed by atoms with E-state index in [1.807, 2.05) is 0 Å². The molecule has 1 heterocycles. The SMILES string of the molecule is CC(N)CCN1C(=O)c2ccccc2S1(=O)=O. The summed E-state index contributed by atoms with van der Waals surface area (Å²) in [6.45, 7) is 1.91. The number of hydrogen-bond donors (Lipinski definition) is 1. The Balaban J connectivity index is 2.38. The van der Waals surface area contributed by atoms with Crippen LogP contribution in [0.1, 0.15) is 23.7 Å². The molecule has 1 amide bonds. The van der Waals surface area contributed by atoms with Crippen molar-refractivity contribution in [2.45, 2.75) is 24.3 Å². The normalized spacial score (nSPS) is 19.2. The number of benzene rings is 1. The lowest BCUT2D eigenvalue weighted by Gasteiger charge is -2.15. The Bertz CT molecular complexity index is 552. The predicted octanol–water partition coefficient (Wildman–Crippen LogP) is 0.568. The zero-order valence-corrected chi connectivity index (χ0v) is 10.3. The standard InChI is InChI=1S/C11H14N2O3S/c1-8(12)6-7-13-11(14)9-4-2-3-5-10(9)17(13,15)16/h2-5,8H,6-7,12H2,1H3. The third-order valence-corrected chi connectivity index (χ3v) is 4.54. The largest absolute Gasteiger partial charge is 0.328 e. The van der Waals surface area contributed by atoms with Crippen LogP contribution in [0.2, 0.25) is 0 Å². The third kappa shape index (κ3) is 1.94. The van der Waals surface area contributed by atoms with Gasteiger partial charge in [0, 0.05) is 12.6 Å². The van der Waals surface area contributed by atoms with Crippen LogP contribution in [0.5, 0.6) is 0 Å². The van der Waals surface area contributed by atoms with E-state index in [0.29, 0.717) is 6.42 Å². The second-order valence-electron chi connectivity index (χ2n) is 4.14. The molecule has 17 heavy (non-hydrogen) atoms. The van der Waals surface area contributed by atoms with Gasteiger partial charge in [0.2, 0.25) is 0 Å². The highest BCUT2D eigenvalue weighted by Crippen LogP contribution is 2.29. The summed E-state index contributed by atoms with van der Waals surface area (Å²) in [4.78, 5) is 12.0. The van der Waals surface area contributed by atoms with Crippen LogP contribution in [0, 0.1) is 0 Å². The van der Waals surface area contributed by atoms with Crippen molar-refractivity contribution in [1.82, 2.24) is 4.31 Å². The van der Waals surface area contributed by atoms with Gasteiger partial charge in [0.25, 0.3) is 15.9 Å². The zero-order valence-electron chi connectivity index (χ0n) is 9.46. The van der Waals surface area contributed by atoms with E-state index >= 15 is 0 Å². The second-order valence-corrected chi connectivity index (χ2v) is 5.98. The third-order valence-electron chi connectivity index (χ3n) is 2.70. The smallest absolute Gasteiger partial charge is 0.269 e. The molecule has 1 aliphatic heterocycles. The van der Waals surface area contributed by atoms with Crippen LogP contribution in [-0.4, -0.2) is 31.2 Å². The first-order chi connectivity index (χ1) is 7.94. The fourth-order valence-corrected chi connectivity index (χ4v) is 3.36. The van der Waals surface area contributed by atoms with Gasteiger partial charge in [0.1, 0.15) is 4.90 Å². The molecular weight excluding hydrogens is 240 g/mol. The summed E-state index contributed by atoms with van der Waals surface area (Å²) in [7, 11) is -3.66. The molecule has 0 fully saturated rings. The summed E-state index contributed by atoms with van der Waals surface area (Å²) < 4.78 is 25.0. The Morgan fingerprint density at radius 3 is 2.59 bits per heavy atom. The van der Waals surface area contributed by atoms with Crippen molar-refractivity contribution in [2.75, 3.05) is 6.54 Å². The van der Waals surface area contributed by atoms with Crippen LogP contribution >= 0.6 is 0 Å². The first-order valence-corrected chi connectivity index (χ1v) is 6.80. The van der Waals surface area contributed by atoms with Crippen molar-refractivity contribution in [3.8, 4) is 0 Å². The Hall–Kier alpha value is -1.40. The fourth-order valence-electron chi connectivity index (χ4n) is 1.77. The number of carbonyl (C=O) groups is 1. The number of hydrogen-bond acceptors (Lipinski definition) is 4. The van der Waals surface area contributed by atoms with E-state index < -0.39 is 15.9 Å². The van der Waals surface area contributed by atoms with Gasteiger partial charge >= 0.3 is 0 Å². The van der Waals surface area contributed by atoms with Crippen LogP contribution in [0.15, 0.2) is 29.2 Å². The lowest BCUT2D eigenvalue weighted by Crippen LogP contribution is -2.33. The number of rotatable bonds is 3. The molecule has 0 spiro atoms. The molecule has 0 saturated carbocycles. The number of sulfonamides is 1. The van der Waals surface area contributed by atoms with Crippen LogP contribution < -0.4 is 5.73 Å². The van der Waals surface area contributed by atoms with E-state index in [2.05, 4.69) is 0 Å². The number of nitrogens with two attached hydrogens (primary N) is 1. The summed E-state index contributed by atoms with van der Waals surface area (Å²) in [5.41, 5.74) is 5.82. The molecule has 2 N–H and O–H groups in total. The minimum atomic E-state index is -3.66. The van der Waals surface area contributed by atoms with Crippen LogP contribution in [-0.2, 0) is 10.0 Å². The van der Waals surface area contributed by atoms with E-state index in [1.165, 1.54) is 12.1 Å². The van der Waals surface area contributed by atoms with Crippen molar-refractivity contribution in [3.05, 3.63) is 29.8 Å². The van der Waals surface area contributed by atoms with E-state index in [4.69, 9.17) is 5.73 Å². The van der Waals surface area contributed by atoms with Crippen molar-refractivity contribution >= 4 is 15.9 Å². The van der Waals surface area contributed by atoms with Gasteiger partial charge in [0.05, 0.1) is 5.56 Å². The number of amides is 1. The number of carbonyl (C=O) groups excluding carboxylic acids is 1. The van der Waals surface area contributed by atoms with E-state index in [0.717, 1.165) is 4.31 Å². The van der Waals surface area contributed by atoms with Gasteiger partial charge in [0.15, 0.2) is 0 Å². The summed E-state index contributed by atoms with van der Waals surface area (Å²) in [6.07, 6.45) is 0.457. The Morgan fingerprint density at radius 2 is 2.00 bits per heavy atom. The minimum absolute atomic E-state index is 0.0923. The highest BCUT2D eigenvalue weighted by atomic mass is 32.2. The summed E-state index contributed by atoms with van der Waals surface area (Å²) in [6, 6.07) is 6.11. The van der Waals surface area contributed by atoms with Gasteiger partial charge < -0.3 is 5.73 Å². The van der Waals surface area contributed by atoms with E-state index in [-0.39, 0.29) is 23.0 Å². The van der Waals surface area contributed by atoms with Gasteiger partial charge in [-0.05, 0) is 25.5 Å². The zero-order chi connectivity index (χ0) is 12.6. The molecule has 1 atom stereocenters. The molecule has 1 aliphatic rings. The van der Waals surface area contributed by atoms with Crippen LogP contribution in [0.25, 0.3) is 0 Å². The first kappa shape index (κ1) is 12.1. The Kier molecular flexibility index (Phi) is 2.92. The molecule has 92 valence electrons. The maximum atomic E-state index is 12.1. The van der Waals surface area contributed by atoms with Gasteiger partial charge in [-0.1, -0.05) is 12.1 Å². The monoisotopic (exact) mass is 254 g/mol. The minimum Gasteiger partial charge on any atom is -0.328 e. The highest BCUT2D eigenvalue weighted by Gasteiger charge is 2.40. The average molecular weight is 254 g/mol. The topological polar surface area (TPSA) is 80.5 Å². The molecule has 0 radical (unpaired) electrons. The fraction of sp³-hybridized carbons (Fsp3) is 0.364. The molecule has 0 bridgehead atoms. The predicted molar refractivity (Wildman–Crippen MR) is 62.9 cm³/mol. The van der Waals surface area contributed by atoms with Crippen LogP contribution in [0.3, 0.4) is 0 Å². The lowest BCUT2D eigenvalue weighted by molar-refractivity contribution is 0.0869. The van der Waals surface area contributed by atoms with Gasteiger partial charge in [-0.3, -0.25) is 4.79 Å². The molecular formula is C11H14N2O3S. The molecule has 1 aromatic rings. The summed E-state index contributed by atoms with van der Waals surface area (Å²) in [5.74, 6) is -0.457. The van der Waals surface area contributed by atoms with Crippen molar-refractivity contribution < 1.29 is 13.2 Å². The Morgan fingerprint density at radius 1 is 1.35 bits per heavy atom. The second kappa shape index (κ2) is 4.12. The van der Waals surface area contributed by atoms with Gasteiger partial charge in [-0.25, -0.2) is 12.7 Å². The van der Waals surface area contributed by atoms with Crippen molar-refractivity contribution in [1.29, 1.82) is 0 Å². The molecule has 1 aromatic carbocycles. The number of fused-ring (bicyclic) bond motifs is 1.